The number of fused-ring (bicyclic) bond motifs is 1. The smallest absolute Gasteiger partial charge is 0.272 e. The Morgan fingerprint density at radius 1 is 1.07 bits per heavy atom. The van der Waals surface area contributed by atoms with Crippen molar-refractivity contribution >= 4 is 63.5 Å². The minimum atomic E-state index is -0.532. The summed E-state index contributed by atoms with van der Waals surface area (Å²) in [6, 6.07) is 21.4. The lowest BCUT2D eigenvalue weighted by Gasteiger charge is -2.25. The van der Waals surface area contributed by atoms with Gasteiger partial charge < -0.3 is 20.9 Å². The van der Waals surface area contributed by atoms with E-state index in [4.69, 9.17) is 0 Å². The maximum atomic E-state index is 13.4. The standard InChI is InChI=1S/C34H30N6O4S2/c1-21(31(42)39-34-28(18-35)27-13-15-40(22(2)41)20-30(27)46-34)45-26-12-6-11-25(17-26)37-33(44)29(16-23-8-7-14-36-19-23)38-32(43)24-9-4-3-5-10-24/h3-12,14,16-17,19,21H,13,15,20H2,1-2H3,(H,37,44)(H,38,43)(H,39,42)/b29-16-. The van der Waals surface area contributed by atoms with Crippen LogP contribution in [0.3, 0.4) is 0 Å². The number of nitrogens with one attached hydrogen (secondary N) is 3. The number of aromatic nitrogens is 1. The highest BCUT2D eigenvalue weighted by atomic mass is 32.2. The first kappa shape index (κ1) is 32.2. The molecule has 1 atom stereocenters. The molecular weight excluding hydrogens is 621 g/mol. The summed E-state index contributed by atoms with van der Waals surface area (Å²) in [5.41, 5.74) is 2.88. The molecule has 232 valence electrons. The Hall–Kier alpha value is -5.25. The molecule has 46 heavy (non-hydrogen) atoms. The number of rotatable bonds is 9. The van der Waals surface area contributed by atoms with Crippen molar-refractivity contribution in [2.45, 2.75) is 37.0 Å². The number of thiophene rings is 1. The lowest BCUT2D eigenvalue weighted by Crippen LogP contribution is -2.33. The van der Waals surface area contributed by atoms with Crippen LogP contribution in [0.25, 0.3) is 6.08 Å². The van der Waals surface area contributed by atoms with Gasteiger partial charge in [-0.15, -0.1) is 23.1 Å². The summed E-state index contributed by atoms with van der Waals surface area (Å²) < 4.78 is 0. The third-order valence-electron chi connectivity index (χ3n) is 7.15. The van der Waals surface area contributed by atoms with Gasteiger partial charge >= 0.3 is 0 Å². The summed E-state index contributed by atoms with van der Waals surface area (Å²) in [5, 5.41) is 18.2. The first-order chi connectivity index (χ1) is 22.2. The maximum Gasteiger partial charge on any atom is 0.272 e. The normalized spacial score (nSPS) is 13.2. The van der Waals surface area contributed by atoms with Gasteiger partial charge in [0.1, 0.15) is 16.8 Å². The summed E-state index contributed by atoms with van der Waals surface area (Å²) in [6.45, 7) is 4.25. The Labute approximate surface area is 274 Å². The van der Waals surface area contributed by atoms with Crippen molar-refractivity contribution in [1.82, 2.24) is 15.2 Å². The van der Waals surface area contributed by atoms with Crippen LogP contribution in [0.1, 0.15) is 45.8 Å². The predicted octanol–water partition coefficient (Wildman–Crippen LogP) is 5.45. The fourth-order valence-electron chi connectivity index (χ4n) is 4.77. The molecule has 0 fully saturated rings. The second kappa shape index (κ2) is 14.7. The Morgan fingerprint density at radius 3 is 2.59 bits per heavy atom. The molecule has 2 aromatic heterocycles. The van der Waals surface area contributed by atoms with Crippen molar-refractivity contribution in [3.05, 3.63) is 112 Å². The van der Waals surface area contributed by atoms with E-state index in [0.717, 1.165) is 15.3 Å². The van der Waals surface area contributed by atoms with Gasteiger partial charge in [-0.2, -0.15) is 5.26 Å². The van der Waals surface area contributed by atoms with E-state index < -0.39 is 17.1 Å². The molecule has 0 bridgehead atoms. The van der Waals surface area contributed by atoms with Gasteiger partial charge in [0, 0.05) is 46.9 Å². The molecule has 5 rings (SSSR count). The molecule has 3 N–H and O–H groups in total. The molecule has 0 saturated heterocycles. The predicted molar refractivity (Wildman–Crippen MR) is 179 cm³/mol. The second-order valence-electron chi connectivity index (χ2n) is 10.4. The molecule has 4 aromatic rings. The van der Waals surface area contributed by atoms with E-state index in [0.29, 0.717) is 46.9 Å². The molecule has 0 aliphatic carbocycles. The number of carbonyl (C=O) groups is 4. The molecule has 3 heterocycles. The van der Waals surface area contributed by atoms with Crippen LogP contribution in [0.15, 0.2) is 89.7 Å². The van der Waals surface area contributed by atoms with Crippen molar-refractivity contribution < 1.29 is 19.2 Å². The van der Waals surface area contributed by atoms with E-state index in [2.05, 4.69) is 27.0 Å². The molecule has 1 unspecified atom stereocenters. The van der Waals surface area contributed by atoms with Crippen molar-refractivity contribution in [3.63, 3.8) is 0 Å². The van der Waals surface area contributed by atoms with Gasteiger partial charge in [-0.05, 0) is 66.9 Å². The number of carbonyl (C=O) groups excluding carboxylic acids is 4. The van der Waals surface area contributed by atoms with Gasteiger partial charge in [-0.3, -0.25) is 24.2 Å². The number of anilines is 2. The highest BCUT2D eigenvalue weighted by molar-refractivity contribution is 8.00. The van der Waals surface area contributed by atoms with Crippen LogP contribution in [0.2, 0.25) is 0 Å². The van der Waals surface area contributed by atoms with Crippen molar-refractivity contribution in [2.75, 3.05) is 17.2 Å². The quantitative estimate of drug-likeness (QED) is 0.161. The van der Waals surface area contributed by atoms with Gasteiger partial charge in [0.25, 0.3) is 11.8 Å². The minimum Gasteiger partial charge on any atom is -0.337 e. The number of nitriles is 1. The summed E-state index contributed by atoms with van der Waals surface area (Å²) >= 11 is 2.63. The molecule has 4 amide bonds. The zero-order valence-electron chi connectivity index (χ0n) is 25.1. The summed E-state index contributed by atoms with van der Waals surface area (Å²) in [4.78, 5) is 58.8. The van der Waals surface area contributed by atoms with Gasteiger partial charge in [-0.1, -0.05) is 30.3 Å². The van der Waals surface area contributed by atoms with Crippen LogP contribution >= 0.6 is 23.1 Å². The molecule has 0 saturated carbocycles. The number of nitrogens with zero attached hydrogens (tertiary/aromatic N) is 3. The Morgan fingerprint density at radius 2 is 1.87 bits per heavy atom. The first-order valence-electron chi connectivity index (χ1n) is 14.4. The average molecular weight is 651 g/mol. The van der Waals surface area contributed by atoms with E-state index in [1.807, 2.05) is 6.07 Å². The Bertz CT molecular complexity index is 1850. The lowest BCUT2D eigenvalue weighted by atomic mass is 10.0. The van der Waals surface area contributed by atoms with Crippen LogP contribution < -0.4 is 16.0 Å². The zero-order chi connectivity index (χ0) is 32.6. The number of thioether (sulfide) groups is 1. The fourth-order valence-corrected chi connectivity index (χ4v) is 6.91. The average Bonchev–Trinajstić information content (AvgIpc) is 3.41. The van der Waals surface area contributed by atoms with E-state index in [1.54, 1.807) is 91.0 Å². The minimum absolute atomic E-state index is 0.0238. The Balaban J connectivity index is 1.26. The molecule has 2 aromatic carbocycles. The van der Waals surface area contributed by atoms with Crippen molar-refractivity contribution in [2.24, 2.45) is 0 Å². The number of hydrogen-bond donors (Lipinski definition) is 3. The molecule has 1 aliphatic rings. The summed E-state index contributed by atoms with van der Waals surface area (Å²) in [6.07, 6.45) is 5.31. The monoisotopic (exact) mass is 650 g/mol. The molecule has 0 spiro atoms. The van der Waals surface area contributed by atoms with Crippen LogP contribution in [0.5, 0.6) is 0 Å². The number of benzene rings is 2. The fraction of sp³-hybridized carbons (Fsp3) is 0.176. The number of amides is 4. The third-order valence-corrected chi connectivity index (χ3v) is 9.37. The van der Waals surface area contributed by atoms with Crippen LogP contribution in [0, 0.1) is 11.3 Å². The molecule has 1 aliphatic heterocycles. The topological polar surface area (TPSA) is 144 Å². The second-order valence-corrected chi connectivity index (χ2v) is 12.9. The van der Waals surface area contributed by atoms with Crippen molar-refractivity contribution in [3.8, 4) is 6.07 Å². The molecular formula is C34H30N6O4S2. The van der Waals surface area contributed by atoms with Gasteiger partial charge in [0.15, 0.2) is 0 Å². The van der Waals surface area contributed by atoms with Crippen molar-refractivity contribution in [1.29, 1.82) is 5.26 Å². The van der Waals surface area contributed by atoms with Crippen LogP contribution in [-0.2, 0) is 27.3 Å². The van der Waals surface area contributed by atoms with E-state index in [-0.39, 0.29) is 17.5 Å². The van der Waals surface area contributed by atoms with Crippen LogP contribution in [-0.4, -0.2) is 45.3 Å². The van der Waals surface area contributed by atoms with E-state index in [1.165, 1.54) is 30.0 Å². The molecule has 10 nitrogen and oxygen atoms in total. The van der Waals surface area contributed by atoms with E-state index >= 15 is 0 Å². The molecule has 0 radical (unpaired) electrons. The van der Waals surface area contributed by atoms with Gasteiger partial charge in [0.05, 0.1) is 17.4 Å². The lowest BCUT2D eigenvalue weighted by molar-refractivity contribution is -0.129. The Kier molecular flexibility index (Phi) is 10.3. The molecule has 12 heteroatoms. The number of pyridine rings is 1. The highest BCUT2D eigenvalue weighted by Gasteiger charge is 2.27. The highest BCUT2D eigenvalue weighted by Crippen LogP contribution is 2.37. The number of hydrogen-bond acceptors (Lipinski definition) is 8. The third kappa shape index (κ3) is 7.87. The zero-order valence-corrected chi connectivity index (χ0v) is 26.7. The summed E-state index contributed by atoms with van der Waals surface area (Å²) in [5.74, 6) is -1.26. The largest absolute Gasteiger partial charge is 0.337 e. The maximum absolute atomic E-state index is 13.4. The van der Waals surface area contributed by atoms with Crippen LogP contribution in [0.4, 0.5) is 10.7 Å². The summed E-state index contributed by atoms with van der Waals surface area (Å²) in [7, 11) is 0. The van der Waals surface area contributed by atoms with Gasteiger partial charge in [-0.25, -0.2) is 0 Å². The first-order valence-corrected chi connectivity index (χ1v) is 16.1. The van der Waals surface area contributed by atoms with E-state index in [9.17, 15) is 24.4 Å². The SMILES string of the molecule is CC(=O)N1CCc2c(sc(NC(=O)C(C)Sc3cccc(NC(=O)/C(=C/c4cccnc4)NC(=O)c4ccccc4)c3)c2C#N)C1. The van der Waals surface area contributed by atoms with Gasteiger partial charge in [0.2, 0.25) is 11.8 Å².